The van der Waals surface area contributed by atoms with Crippen LogP contribution in [0.4, 0.5) is 0 Å². The molecule has 1 amide bonds. The molecule has 2 N–H and O–H groups in total. The Hall–Kier alpha value is -0.650. The second-order valence-electron chi connectivity index (χ2n) is 4.16. The van der Waals surface area contributed by atoms with Crippen LogP contribution >= 0.6 is 0 Å². The monoisotopic (exact) mass is 230 g/mol. The quantitative estimate of drug-likeness (QED) is 0.675. The van der Waals surface area contributed by atoms with Crippen LogP contribution in [-0.4, -0.2) is 55.9 Å². The largest absolute Gasteiger partial charge is 0.373 e. The van der Waals surface area contributed by atoms with Crippen LogP contribution in [0, 0.1) is 0 Å². The van der Waals surface area contributed by atoms with E-state index in [1.807, 2.05) is 13.8 Å². The van der Waals surface area contributed by atoms with Crippen molar-refractivity contribution in [3.63, 3.8) is 0 Å². The number of carbonyl (C=O) groups is 1. The Morgan fingerprint density at radius 3 is 3.06 bits per heavy atom. The van der Waals surface area contributed by atoms with Gasteiger partial charge in [-0.25, -0.2) is 0 Å². The molecule has 2 atom stereocenters. The summed E-state index contributed by atoms with van der Waals surface area (Å²) in [6.45, 7) is 6.49. The van der Waals surface area contributed by atoms with Gasteiger partial charge >= 0.3 is 0 Å². The highest BCUT2D eigenvalue weighted by molar-refractivity contribution is 5.77. The molecule has 0 radical (unpaired) electrons. The second kappa shape index (κ2) is 6.83. The van der Waals surface area contributed by atoms with Crippen LogP contribution in [-0.2, 0) is 14.3 Å². The Kier molecular flexibility index (Phi) is 5.73. The first-order chi connectivity index (χ1) is 7.65. The maximum Gasteiger partial charge on any atom is 0.248 e. The smallest absolute Gasteiger partial charge is 0.248 e. The molecule has 0 aromatic rings. The van der Waals surface area contributed by atoms with Gasteiger partial charge in [0.25, 0.3) is 0 Å². The van der Waals surface area contributed by atoms with Gasteiger partial charge in [-0.15, -0.1) is 0 Å². The van der Waals surface area contributed by atoms with Crippen molar-refractivity contribution in [1.82, 2.24) is 4.90 Å². The van der Waals surface area contributed by atoms with Gasteiger partial charge in [0.15, 0.2) is 0 Å². The van der Waals surface area contributed by atoms with Crippen molar-refractivity contribution >= 4 is 5.91 Å². The fraction of sp³-hybridized carbons (Fsp3) is 0.909. The van der Waals surface area contributed by atoms with Crippen LogP contribution < -0.4 is 5.73 Å². The Labute approximate surface area is 96.9 Å². The number of hydrogen-bond donors (Lipinski definition) is 1. The molecule has 0 bridgehead atoms. The van der Waals surface area contributed by atoms with E-state index in [2.05, 4.69) is 0 Å². The molecular formula is C11H22N2O3. The first-order valence-corrected chi connectivity index (χ1v) is 5.87. The van der Waals surface area contributed by atoms with Gasteiger partial charge in [0.1, 0.15) is 6.61 Å². The van der Waals surface area contributed by atoms with Gasteiger partial charge in [0.05, 0.1) is 12.7 Å². The number of nitrogens with zero attached hydrogens (tertiary/aromatic N) is 1. The highest BCUT2D eigenvalue weighted by atomic mass is 16.5. The van der Waals surface area contributed by atoms with Gasteiger partial charge < -0.3 is 20.1 Å². The summed E-state index contributed by atoms with van der Waals surface area (Å²) in [5.41, 5.74) is 5.76. The molecule has 94 valence electrons. The minimum absolute atomic E-state index is 0.0300. The van der Waals surface area contributed by atoms with Crippen molar-refractivity contribution in [2.24, 2.45) is 5.73 Å². The predicted octanol–water partition coefficient (Wildman–Crippen LogP) is -0.0124. The molecule has 1 fully saturated rings. The second-order valence-corrected chi connectivity index (χ2v) is 4.16. The van der Waals surface area contributed by atoms with E-state index < -0.39 is 0 Å². The molecule has 2 unspecified atom stereocenters. The van der Waals surface area contributed by atoms with Gasteiger partial charge in [-0.3, -0.25) is 4.79 Å². The molecule has 5 heteroatoms. The van der Waals surface area contributed by atoms with Crippen molar-refractivity contribution in [2.75, 3.05) is 32.9 Å². The maximum atomic E-state index is 11.7. The normalized spacial score (nSPS) is 23.2. The lowest BCUT2D eigenvalue weighted by atomic mass is 10.1. The Balaban J connectivity index is 2.32. The third kappa shape index (κ3) is 4.08. The van der Waals surface area contributed by atoms with Crippen LogP contribution in [0.1, 0.15) is 20.3 Å². The van der Waals surface area contributed by atoms with Gasteiger partial charge in [0.2, 0.25) is 5.91 Å². The van der Waals surface area contributed by atoms with Gasteiger partial charge in [-0.2, -0.15) is 0 Å². The molecule has 1 rings (SSSR count). The summed E-state index contributed by atoms with van der Waals surface area (Å²) >= 11 is 0. The molecule has 1 heterocycles. The summed E-state index contributed by atoms with van der Waals surface area (Å²) in [7, 11) is 0. The number of rotatable bonds is 5. The SMILES string of the molecule is CCCOCC(=O)N1CCOC(C(C)N)C1. The Morgan fingerprint density at radius 2 is 2.44 bits per heavy atom. The highest BCUT2D eigenvalue weighted by Gasteiger charge is 2.26. The minimum Gasteiger partial charge on any atom is -0.373 e. The van der Waals surface area contributed by atoms with Crippen LogP contribution in [0.15, 0.2) is 0 Å². The standard InChI is InChI=1S/C11H22N2O3/c1-3-5-15-8-11(14)13-4-6-16-10(7-13)9(2)12/h9-10H,3-8,12H2,1-2H3. The molecule has 1 saturated heterocycles. The molecule has 0 aliphatic carbocycles. The number of hydrogen-bond acceptors (Lipinski definition) is 4. The summed E-state index contributed by atoms with van der Waals surface area (Å²) in [5, 5.41) is 0. The molecule has 16 heavy (non-hydrogen) atoms. The number of carbonyl (C=O) groups excluding carboxylic acids is 1. The van der Waals surface area contributed by atoms with E-state index in [-0.39, 0.29) is 24.7 Å². The van der Waals surface area contributed by atoms with Crippen molar-refractivity contribution in [3.05, 3.63) is 0 Å². The third-order valence-electron chi connectivity index (χ3n) is 2.61. The molecule has 0 spiro atoms. The third-order valence-corrected chi connectivity index (χ3v) is 2.61. The average molecular weight is 230 g/mol. The van der Waals surface area contributed by atoms with Gasteiger partial charge in [-0.1, -0.05) is 6.92 Å². The summed E-state index contributed by atoms with van der Waals surface area (Å²) < 4.78 is 10.7. The lowest BCUT2D eigenvalue weighted by Gasteiger charge is -2.34. The zero-order valence-corrected chi connectivity index (χ0v) is 10.1. The average Bonchev–Trinajstić information content (AvgIpc) is 2.29. The fourth-order valence-electron chi connectivity index (χ4n) is 1.62. The first-order valence-electron chi connectivity index (χ1n) is 5.87. The lowest BCUT2D eigenvalue weighted by Crippen LogP contribution is -2.52. The lowest BCUT2D eigenvalue weighted by molar-refractivity contribution is -0.144. The predicted molar refractivity (Wildman–Crippen MR) is 61.1 cm³/mol. The molecule has 1 aliphatic heterocycles. The number of ether oxygens (including phenoxy) is 2. The van der Waals surface area contributed by atoms with Crippen LogP contribution in [0.25, 0.3) is 0 Å². The summed E-state index contributed by atoms with van der Waals surface area (Å²) in [6, 6.07) is -0.0489. The summed E-state index contributed by atoms with van der Waals surface area (Å²) in [5.74, 6) is 0.0300. The summed E-state index contributed by atoms with van der Waals surface area (Å²) in [6.07, 6.45) is 0.877. The number of morpholine rings is 1. The van der Waals surface area contributed by atoms with Crippen LogP contribution in [0.3, 0.4) is 0 Å². The van der Waals surface area contributed by atoms with E-state index in [0.29, 0.717) is 26.3 Å². The van der Waals surface area contributed by atoms with E-state index >= 15 is 0 Å². The maximum absolute atomic E-state index is 11.7. The molecule has 5 nitrogen and oxygen atoms in total. The Bertz CT molecular complexity index is 221. The van der Waals surface area contributed by atoms with Crippen molar-refractivity contribution in [1.29, 1.82) is 0 Å². The number of nitrogens with two attached hydrogens (primary N) is 1. The highest BCUT2D eigenvalue weighted by Crippen LogP contribution is 2.08. The molecular weight excluding hydrogens is 208 g/mol. The topological polar surface area (TPSA) is 64.8 Å². The van der Waals surface area contributed by atoms with Crippen molar-refractivity contribution < 1.29 is 14.3 Å². The van der Waals surface area contributed by atoms with Crippen LogP contribution in [0.2, 0.25) is 0 Å². The first kappa shape index (κ1) is 13.4. The fourth-order valence-corrected chi connectivity index (χ4v) is 1.62. The van der Waals surface area contributed by atoms with E-state index in [9.17, 15) is 4.79 Å². The zero-order valence-electron chi connectivity index (χ0n) is 10.1. The Morgan fingerprint density at radius 1 is 1.69 bits per heavy atom. The van der Waals surface area contributed by atoms with E-state index in [1.165, 1.54) is 0 Å². The van der Waals surface area contributed by atoms with E-state index in [1.54, 1.807) is 4.90 Å². The number of amides is 1. The van der Waals surface area contributed by atoms with Crippen LogP contribution in [0.5, 0.6) is 0 Å². The van der Waals surface area contributed by atoms with Crippen molar-refractivity contribution in [3.8, 4) is 0 Å². The van der Waals surface area contributed by atoms with Crippen molar-refractivity contribution in [2.45, 2.75) is 32.4 Å². The molecule has 0 aromatic carbocycles. The van der Waals surface area contributed by atoms with Gasteiger partial charge in [0, 0.05) is 25.7 Å². The van der Waals surface area contributed by atoms with E-state index in [4.69, 9.17) is 15.2 Å². The zero-order chi connectivity index (χ0) is 12.0. The molecule has 0 aromatic heterocycles. The minimum atomic E-state index is -0.0520. The van der Waals surface area contributed by atoms with E-state index in [0.717, 1.165) is 6.42 Å². The summed E-state index contributed by atoms with van der Waals surface area (Å²) in [4.78, 5) is 13.5. The molecule has 0 saturated carbocycles. The van der Waals surface area contributed by atoms with Gasteiger partial charge in [-0.05, 0) is 13.3 Å². The molecule has 1 aliphatic rings.